The van der Waals surface area contributed by atoms with Crippen molar-refractivity contribution < 1.29 is 14.4 Å². The molecule has 0 aliphatic carbocycles. The van der Waals surface area contributed by atoms with Crippen molar-refractivity contribution in [3.63, 3.8) is 0 Å². The number of hydrogen-bond donors (Lipinski definition) is 0. The molecule has 0 bridgehead atoms. The molecule has 0 N–H and O–H groups in total. The van der Waals surface area contributed by atoms with Crippen molar-refractivity contribution in [2.45, 2.75) is 6.92 Å². The number of allylic oxidation sites excluding steroid dienone is 1. The number of imide groups is 1. The maximum absolute atomic E-state index is 13.4. The van der Waals surface area contributed by atoms with E-state index < -0.39 is 11.8 Å². The van der Waals surface area contributed by atoms with E-state index in [1.54, 1.807) is 48.5 Å². The molecule has 0 atom stereocenters. The lowest BCUT2D eigenvalue weighted by molar-refractivity contribution is -0.122. The first-order chi connectivity index (χ1) is 14.6. The normalized spacial score (nSPS) is 13.9. The van der Waals surface area contributed by atoms with Crippen LogP contribution >= 0.6 is 0 Å². The Morgan fingerprint density at radius 2 is 1.40 bits per heavy atom. The van der Waals surface area contributed by atoms with Gasteiger partial charge in [-0.3, -0.25) is 14.4 Å². The Hall–Kier alpha value is -4.23. The molecule has 4 rings (SSSR count). The predicted octanol–water partition coefficient (Wildman–Crippen LogP) is 4.27. The Kier molecular flexibility index (Phi) is 5.11. The van der Waals surface area contributed by atoms with E-state index in [0.717, 1.165) is 10.5 Å². The Morgan fingerprint density at radius 1 is 0.800 bits per heavy atom. The maximum Gasteiger partial charge on any atom is 0.267 e. The minimum Gasteiger partial charge on any atom is -0.288 e. The molecule has 4 nitrogen and oxygen atoms in total. The topological polar surface area (TPSA) is 54.5 Å². The van der Waals surface area contributed by atoms with Gasteiger partial charge < -0.3 is 0 Å². The predicted molar refractivity (Wildman–Crippen MR) is 116 cm³/mol. The van der Waals surface area contributed by atoms with E-state index in [-0.39, 0.29) is 16.9 Å². The van der Waals surface area contributed by atoms with Crippen molar-refractivity contribution in [1.29, 1.82) is 0 Å². The highest BCUT2D eigenvalue weighted by Gasteiger charge is 2.38. The summed E-state index contributed by atoms with van der Waals surface area (Å²) in [7, 11) is 0. The number of fused-ring (bicyclic) bond motifs is 1. The second-order valence-corrected chi connectivity index (χ2v) is 6.74. The summed E-state index contributed by atoms with van der Waals surface area (Å²) in [5, 5.41) is 0. The summed E-state index contributed by atoms with van der Waals surface area (Å²) in [6, 6.07) is 24.9. The highest BCUT2D eigenvalue weighted by Crippen LogP contribution is 2.39. The lowest BCUT2D eigenvalue weighted by Gasteiger charge is -2.11. The van der Waals surface area contributed by atoms with Gasteiger partial charge in [-0.2, -0.15) is 0 Å². The Balaban J connectivity index is 1.97. The summed E-state index contributed by atoms with van der Waals surface area (Å²) in [4.78, 5) is 39.8. The van der Waals surface area contributed by atoms with Crippen LogP contribution in [0.3, 0.4) is 0 Å². The molecule has 1 aliphatic heterocycles. The van der Waals surface area contributed by atoms with E-state index in [1.165, 1.54) is 6.92 Å². The molecular formula is C26H17NO3. The molecule has 144 valence electrons. The molecule has 0 unspecified atom stereocenters. The van der Waals surface area contributed by atoms with Crippen LogP contribution < -0.4 is 4.90 Å². The Bertz CT molecular complexity index is 1250. The third kappa shape index (κ3) is 3.45. The summed E-state index contributed by atoms with van der Waals surface area (Å²) >= 11 is 0. The summed E-state index contributed by atoms with van der Waals surface area (Å²) in [5.74, 6) is 4.60. The van der Waals surface area contributed by atoms with Gasteiger partial charge in [0.05, 0.1) is 16.8 Å². The fourth-order valence-electron chi connectivity index (χ4n) is 3.39. The van der Waals surface area contributed by atoms with E-state index >= 15 is 0 Å². The standard InChI is InChI=1S/C26H17NO3/c1-18(28)27-23-15-9-8-14-21(23)24(26(27)30)22(17-16-19-10-4-2-5-11-19)25(29)20-12-6-3-7-13-20/h2-15H,1H3/b24-22+. The van der Waals surface area contributed by atoms with Gasteiger partial charge in [0, 0.05) is 23.6 Å². The molecule has 0 radical (unpaired) electrons. The van der Waals surface area contributed by atoms with Crippen LogP contribution in [-0.4, -0.2) is 17.6 Å². The molecule has 3 aromatic rings. The van der Waals surface area contributed by atoms with Crippen LogP contribution in [0.1, 0.15) is 28.4 Å². The van der Waals surface area contributed by atoms with Crippen LogP contribution in [-0.2, 0) is 9.59 Å². The first-order valence-corrected chi connectivity index (χ1v) is 9.43. The molecule has 2 amide bonds. The monoisotopic (exact) mass is 391 g/mol. The number of Topliss-reactive ketones (excluding diaryl/α,β-unsaturated/α-hetero) is 1. The molecule has 30 heavy (non-hydrogen) atoms. The van der Waals surface area contributed by atoms with Crippen molar-refractivity contribution in [2.24, 2.45) is 0 Å². The van der Waals surface area contributed by atoms with Gasteiger partial charge in [0.15, 0.2) is 0 Å². The number of anilines is 1. The molecule has 0 spiro atoms. The summed E-state index contributed by atoms with van der Waals surface area (Å²) in [5.41, 5.74) is 2.36. The zero-order chi connectivity index (χ0) is 21.1. The molecule has 0 saturated heterocycles. The molecule has 0 fully saturated rings. The van der Waals surface area contributed by atoms with Crippen molar-refractivity contribution >= 4 is 28.9 Å². The van der Waals surface area contributed by atoms with Crippen molar-refractivity contribution in [3.05, 3.63) is 107 Å². The van der Waals surface area contributed by atoms with E-state index in [9.17, 15) is 14.4 Å². The Labute approximate surface area is 174 Å². The van der Waals surface area contributed by atoms with Crippen LogP contribution in [0.25, 0.3) is 5.57 Å². The van der Waals surface area contributed by atoms with Gasteiger partial charge in [0.2, 0.25) is 11.7 Å². The smallest absolute Gasteiger partial charge is 0.267 e. The van der Waals surface area contributed by atoms with Gasteiger partial charge in [-0.05, 0) is 18.2 Å². The van der Waals surface area contributed by atoms with E-state index in [1.807, 2.05) is 36.4 Å². The number of para-hydroxylation sites is 1. The first kappa shape index (κ1) is 19.1. The molecule has 4 heteroatoms. The second-order valence-electron chi connectivity index (χ2n) is 6.74. The summed E-state index contributed by atoms with van der Waals surface area (Å²) in [6.45, 7) is 1.33. The van der Waals surface area contributed by atoms with Gasteiger partial charge in [0.25, 0.3) is 5.91 Å². The number of amides is 2. The number of rotatable bonds is 2. The van der Waals surface area contributed by atoms with Crippen LogP contribution in [0.15, 0.2) is 90.5 Å². The molecule has 1 aliphatic rings. The zero-order valence-corrected chi connectivity index (χ0v) is 16.3. The third-order valence-electron chi connectivity index (χ3n) is 4.76. The van der Waals surface area contributed by atoms with Gasteiger partial charge >= 0.3 is 0 Å². The fraction of sp³-hybridized carbons (Fsp3) is 0.0385. The molecular weight excluding hydrogens is 374 g/mol. The van der Waals surface area contributed by atoms with Crippen molar-refractivity contribution in [2.75, 3.05) is 4.90 Å². The van der Waals surface area contributed by atoms with E-state index in [2.05, 4.69) is 11.8 Å². The third-order valence-corrected chi connectivity index (χ3v) is 4.76. The minimum atomic E-state index is -0.537. The van der Waals surface area contributed by atoms with Gasteiger partial charge in [-0.15, -0.1) is 0 Å². The summed E-state index contributed by atoms with van der Waals surface area (Å²) in [6.07, 6.45) is 0. The number of benzene rings is 3. The number of ketones is 1. The molecule has 1 heterocycles. The van der Waals surface area contributed by atoms with Crippen LogP contribution in [0, 0.1) is 11.8 Å². The number of hydrogen-bond acceptors (Lipinski definition) is 3. The number of carbonyl (C=O) groups excluding carboxylic acids is 3. The lowest BCUT2D eigenvalue weighted by Crippen LogP contribution is -2.31. The maximum atomic E-state index is 13.4. The minimum absolute atomic E-state index is 0.0752. The second kappa shape index (κ2) is 8.02. The number of carbonyl (C=O) groups is 3. The zero-order valence-electron chi connectivity index (χ0n) is 16.3. The fourth-order valence-corrected chi connectivity index (χ4v) is 3.39. The van der Waals surface area contributed by atoms with E-state index in [4.69, 9.17) is 0 Å². The quantitative estimate of drug-likeness (QED) is 0.372. The van der Waals surface area contributed by atoms with Crippen LogP contribution in [0.2, 0.25) is 0 Å². The Morgan fingerprint density at radius 3 is 2.07 bits per heavy atom. The van der Waals surface area contributed by atoms with Crippen LogP contribution in [0.5, 0.6) is 0 Å². The lowest BCUT2D eigenvalue weighted by atomic mass is 9.94. The average Bonchev–Trinajstić information content (AvgIpc) is 3.07. The average molecular weight is 391 g/mol. The van der Waals surface area contributed by atoms with E-state index in [0.29, 0.717) is 16.8 Å². The summed E-state index contributed by atoms with van der Waals surface area (Å²) < 4.78 is 0. The SMILES string of the molecule is CC(=O)N1C(=O)/C(=C(\C#Cc2ccccc2)C(=O)c2ccccc2)c2ccccc21. The molecule has 0 saturated carbocycles. The van der Waals surface area contributed by atoms with Gasteiger partial charge in [-0.1, -0.05) is 78.6 Å². The van der Waals surface area contributed by atoms with Crippen LogP contribution in [0.4, 0.5) is 5.69 Å². The molecule has 0 aromatic heterocycles. The van der Waals surface area contributed by atoms with Crippen molar-refractivity contribution in [3.8, 4) is 11.8 Å². The van der Waals surface area contributed by atoms with Gasteiger partial charge in [0.1, 0.15) is 0 Å². The van der Waals surface area contributed by atoms with Crippen molar-refractivity contribution in [1.82, 2.24) is 0 Å². The number of nitrogens with zero attached hydrogens (tertiary/aromatic N) is 1. The molecule has 3 aromatic carbocycles. The first-order valence-electron chi connectivity index (χ1n) is 9.43. The van der Waals surface area contributed by atoms with Gasteiger partial charge in [-0.25, -0.2) is 4.90 Å². The highest BCUT2D eigenvalue weighted by atomic mass is 16.2. The largest absolute Gasteiger partial charge is 0.288 e. The highest BCUT2D eigenvalue weighted by molar-refractivity contribution is 6.43.